The van der Waals surface area contributed by atoms with Crippen LogP contribution in [0.1, 0.15) is 34.6 Å². The number of rotatable bonds is 4. The summed E-state index contributed by atoms with van der Waals surface area (Å²) < 4.78 is 12.4. The fourth-order valence-corrected chi connectivity index (χ4v) is 4.56. The SMILES string of the molecule is COc1ccc2c(c1)C(c1ccccc1)CC(c1ccccc1)(c1ccccc1)O2. The molecule has 5 rings (SSSR count). The molecule has 0 fully saturated rings. The van der Waals surface area contributed by atoms with E-state index < -0.39 is 5.60 Å². The average Bonchev–Trinajstić information content (AvgIpc) is 2.84. The Balaban J connectivity index is 1.75. The molecule has 2 heteroatoms. The van der Waals surface area contributed by atoms with Crippen LogP contribution in [-0.2, 0) is 5.60 Å². The molecule has 4 aromatic carbocycles. The molecule has 4 aromatic rings. The summed E-state index contributed by atoms with van der Waals surface area (Å²) in [6.45, 7) is 0. The minimum atomic E-state index is -0.565. The van der Waals surface area contributed by atoms with Gasteiger partial charge in [-0.05, 0) is 34.9 Å². The third-order valence-electron chi connectivity index (χ3n) is 6.05. The van der Waals surface area contributed by atoms with Crippen LogP contribution in [0.15, 0.2) is 109 Å². The van der Waals surface area contributed by atoms with E-state index >= 15 is 0 Å². The maximum Gasteiger partial charge on any atom is 0.160 e. The first kappa shape index (κ1) is 18.5. The van der Waals surface area contributed by atoms with E-state index in [1.54, 1.807) is 7.11 Å². The van der Waals surface area contributed by atoms with Crippen molar-refractivity contribution in [1.82, 2.24) is 0 Å². The van der Waals surface area contributed by atoms with Gasteiger partial charge in [0.05, 0.1) is 7.11 Å². The third kappa shape index (κ3) is 3.15. The predicted molar refractivity (Wildman–Crippen MR) is 120 cm³/mol. The summed E-state index contributed by atoms with van der Waals surface area (Å²) >= 11 is 0. The van der Waals surface area contributed by atoms with Gasteiger partial charge in [-0.1, -0.05) is 91.0 Å². The zero-order valence-electron chi connectivity index (χ0n) is 17.0. The maximum absolute atomic E-state index is 6.89. The largest absolute Gasteiger partial charge is 0.497 e. The predicted octanol–water partition coefficient (Wildman–Crippen LogP) is 6.55. The van der Waals surface area contributed by atoms with E-state index in [0.29, 0.717) is 0 Å². The van der Waals surface area contributed by atoms with E-state index in [9.17, 15) is 0 Å². The van der Waals surface area contributed by atoms with Crippen molar-refractivity contribution >= 4 is 0 Å². The Labute approximate surface area is 177 Å². The van der Waals surface area contributed by atoms with Crippen LogP contribution in [0.4, 0.5) is 0 Å². The van der Waals surface area contributed by atoms with E-state index in [4.69, 9.17) is 9.47 Å². The molecule has 0 aromatic heterocycles. The molecule has 2 nitrogen and oxygen atoms in total. The molecule has 0 saturated carbocycles. The van der Waals surface area contributed by atoms with Gasteiger partial charge < -0.3 is 9.47 Å². The molecule has 0 bridgehead atoms. The van der Waals surface area contributed by atoms with Gasteiger partial charge in [0.25, 0.3) is 0 Å². The second-order valence-electron chi connectivity index (χ2n) is 7.73. The summed E-state index contributed by atoms with van der Waals surface area (Å²) in [4.78, 5) is 0. The van der Waals surface area contributed by atoms with E-state index in [1.807, 2.05) is 12.1 Å². The van der Waals surface area contributed by atoms with Crippen molar-refractivity contribution in [2.75, 3.05) is 7.11 Å². The van der Waals surface area contributed by atoms with Crippen LogP contribution in [0.5, 0.6) is 11.5 Å². The quantitative estimate of drug-likeness (QED) is 0.392. The molecule has 1 aliphatic rings. The van der Waals surface area contributed by atoms with Gasteiger partial charge in [-0.2, -0.15) is 0 Å². The fourth-order valence-electron chi connectivity index (χ4n) is 4.56. The van der Waals surface area contributed by atoms with Crippen LogP contribution in [-0.4, -0.2) is 7.11 Å². The molecular formula is C28H24O2. The first-order valence-electron chi connectivity index (χ1n) is 10.3. The lowest BCUT2D eigenvalue weighted by Gasteiger charge is -2.43. The molecule has 0 amide bonds. The Morgan fingerprint density at radius 1 is 0.733 bits per heavy atom. The van der Waals surface area contributed by atoms with Crippen LogP contribution >= 0.6 is 0 Å². The Kier molecular flexibility index (Phi) is 4.76. The highest BCUT2D eigenvalue weighted by atomic mass is 16.5. The monoisotopic (exact) mass is 392 g/mol. The molecule has 1 heterocycles. The minimum Gasteiger partial charge on any atom is -0.497 e. The van der Waals surface area contributed by atoms with Crippen molar-refractivity contribution in [2.24, 2.45) is 0 Å². The molecule has 0 saturated heterocycles. The summed E-state index contributed by atoms with van der Waals surface area (Å²) in [5.41, 5.74) is 4.22. The number of hydrogen-bond donors (Lipinski definition) is 0. The lowest BCUT2D eigenvalue weighted by molar-refractivity contribution is 0.0774. The fraction of sp³-hybridized carbons (Fsp3) is 0.143. The van der Waals surface area contributed by atoms with Crippen LogP contribution < -0.4 is 9.47 Å². The van der Waals surface area contributed by atoms with E-state index in [0.717, 1.165) is 17.9 Å². The standard InChI is InChI=1S/C28H24O2/c1-29-24-17-18-27-25(19-24)26(21-11-5-2-6-12-21)20-28(30-27,22-13-7-3-8-14-22)23-15-9-4-10-16-23/h2-19,26H,20H2,1H3. The van der Waals surface area contributed by atoms with Crippen molar-refractivity contribution in [1.29, 1.82) is 0 Å². The van der Waals surface area contributed by atoms with Gasteiger partial charge in [-0.25, -0.2) is 0 Å². The number of methoxy groups -OCH3 is 1. The Morgan fingerprint density at radius 2 is 1.30 bits per heavy atom. The van der Waals surface area contributed by atoms with Crippen LogP contribution in [0.2, 0.25) is 0 Å². The molecule has 0 spiro atoms. The molecule has 30 heavy (non-hydrogen) atoms. The van der Waals surface area contributed by atoms with Crippen molar-refractivity contribution < 1.29 is 9.47 Å². The van der Waals surface area contributed by atoms with Crippen LogP contribution in [0.3, 0.4) is 0 Å². The second-order valence-corrected chi connectivity index (χ2v) is 7.73. The zero-order chi connectivity index (χ0) is 20.4. The smallest absolute Gasteiger partial charge is 0.160 e. The Hall–Kier alpha value is -3.52. The summed E-state index contributed by atoms with van der Waals surface area (Å²) in [5.74, 6) is 1.94. The highest BCUT2D eigenvalue weighted by Gasteiger charge is 2.44. The average molecular weight is 392 g/mol. The maximum atomic E-state index is 6.89. The van der Waals surface area contributed by atoms with E-state index in [1.165, 1.54) is 22.3 Å². The summed E-state index contributed by atoms with van der Waals surface area (Å²) in [5, 5.41) is 0. The number of fused-ring (bicyclic) bond motifs is 1. The summed E-state index contributed by atoms with van der Waals surface area (Å²) in [7, 11) is 1.71. The van der Waals surface area contributed by atoms with E-state index in [2.05, 4.69) is 97.1 Å². The Morgan fingerprint density at radius 3 is 1.87 bits per heavy atom. The Bertz CT molecular complexity index is 1080. The zero-order valence-corrected chi connectivity index (χ0v) is 17.0. The first-order valence-corrected chi connectivity index (χ1v) is 10.3. The highest BCUT2D eigenvalue weighted by Crippen LogP contribution is 2.51. The number of ether oxygens (including phenoxy) is 2. The normalized spacial score (nSPS) is 16.9. The first-order chi connectivity index (χ1) is 14.8. The van der Waals surface area contributed by atoms with Gasteiger partial charge in [0.1, 0.15) is 11.5 Å². The third-order valence-corrected chi connectivity index (χ3v) is 6.05. The van der Waals surface area contributed by atoms with Crippen molar-refractivity contribution in [3.05, 3.63) is 131 Å². The lowest BCUT2D eigenvalue weighted by Crippen LogP contribution is -2.40. The summed E-state index contributed by atoms with van der Waals surface area (Å²) in [6.07, 6.45) is 0.811. The van der Waals surface area contributed by atoms with Gasteiger partial charge in [0, 0.05) is 17.9 Å². The van der Waals surface area contributed by atoms with Crippen molar-refractivity contribution in [3.63, 3.8) is 0 Å². The van der Waals surface area contributed by atoms with Gasteiger partial charge in [-0.15, -0.1) is 0 Å². The van der Waals surface area contributed by atoms with Gasteiger partial charge in [0.15, 0.2) is 5.60 Å². The second kappa shape index (κ2) is 7.72. The van der Waals surface area contributed by atoms with Crippen LogP contribution in [0.25, 0.3) is 0 Å². The number of hydrogen-bond acceptors (Lipinski definition) is 2. The topological polar surface area (TPSA) is 18.5 Å². The molecule has 0 N–H and O–H groups in total. The molecular weight excluding hydrogens is 368 g/mol. The lowest BCUT2D eigenvalue weighted by atomic mass is 9.72. The van der Waals surface area contributed by atoms with Gasteiger partial charge in [-0.3, -0.25) is 0 Å². The minimum absolute atomic E-state index is 0.186. The molecule has 1 atom stereocenters. The molecule has 1 aliphatic heterocycles. The highest BCUT2D eigenvalue weighted by molar-refractivity contribution is 5.52. The van der Waals surface area contributed by atoms with E-state index in [-0.39, 0.29) is 5.92 Å². The van der Waals surface area contributed by atoms with Crippen molar-refractivity contribution in [2.45, 2.75) is 17.9 Å². The van der Waals surface area contributed by atoms with Gasteiger partial charge in [0.2, 0.25) is 0 Å². The van der Waals surface area contributed by atoms with Gasteiger partial charge >= 0.3 is 0 Å². The molecule has 1 unspecified atom stereocenters. The molecule has 0 aliphatic carbocycles. The molecule has 148 valence electrons. The van der Waals surface area contributed by atoms with Crippen molar-refractivity contribution in [3.8, 4) is 11.5 Å². The van der Waals surface area contributed by atoms with Crippen LogP contribution in [0, 0.1) is 0 Å². The summed E-state index contributed by atoms with van der Waals surface area (Å²) in [6, 6.07) is 38.0. The number of benzene rings is 4. The molecule has 0 radical (unpaired) electrons.